The molecule has 0 saturated carbocycles. The van der Waals surface area contributed by atoms with Crippen LogP contribution in [-0.4, -0.2) is 43.8 Å². The molecule has 2 atom stereocenters. The molecule has 1 aliphatic rings. The smallest absolute Gasteiger partial charge is 0.407 e. The van der Waals surface area contributed by atoms with E-state index in [-0.39, 0.29) is 12.5 Å². The second-order valence-corrected chi connectivity index (χ2v) is 10.5. The van der Waals surface area contributed by atoms with Crippen LogP contribution in [0.5, 0.6) is 0 Å². The topological polar surface area (TPSA) is 120 Å². The quantitative estimate of drug-likeness (QED) is 0.202. The largest absolute Gasteiger partial charge is 0.467 e. The number of carbonyl (C=O) groups excluding carboxylic acids is 3. The van der Waals surface area contributed by atoms with Crippen molar-refractivity contribution in [3.8, 4) is 23.0 Å². The van der Waals surface area contributed by atoms with E-state index >= 15 is 0 Å². The number of amides is 2. The number of rotatable bonds is 8. The molecule has 4 aromatic rings. The molecular weight excluding hydrogens is 554 g/mol. The second-order valence-electron chi connectivity index (χ2n) is 10.5. The van der Waals surface area contributed by atoms with Gasteiger partial charge in [0.05, 0.1) is 13.2 Å². The van der Waals surface area contributed by atoms with Crippen LogP contribution in [0.1, 0.15) is 51.0 Å². The van der Waals surface area contributed by atoms with Crippen molar-refractivity contribution in [3.05, 3.63) is 130 Å². The van der Waals surface area contributed by atoms with Gasteiger partial charge < -0.3 is 25.8 Å². The van der Waals surface area contributed by atoms with Gasteiger partial charge in [-0.3, -0.25) is 4.79 Å². The first-order chi connectivity index (χ1) is 21.4. The van der Waals surface area contributed by atoms with Crippen molar-refractivity contribution < 1.29 is 23.9 Å². The Labute approximate surface area is 256 Å². The molecule has 4 aromatic carbocycles. The van der Waals surface area contributed by atoms with E-state index in [2.05, 4.69) is 34.6 Å². The molecule has 0 unspecified atom stereocenters. The lowest BCUT2D eigenvalue weighted by Gasteiger charge is -2.24. The molecule has 0 fully saturated rings. The molecule has 1 aliphatic carbocycles. The average Bonchev–Trinajstić information content (AvgIpc) is 3.38. The zero-order chi connectivity index (χ0) is 31.1. The number of nitrogens with two attached hydrogens (primary N) is 1. The van der Waals surface area contributed by atoms with Crippen LogP contribution in [0, 0.1) is 11.8 Å². The summed E-state index contributed by atoms with van der Waals surface area (Å²) in [4.78, 5) is 38.5. The highest BCUT2D eigenvalue weighted by Gasteiger charge is 2.32. The number of hydrogen-bond acceptors (Lipinski definition) is 6. The molecule has 0 aromatic heterocycles. The van der Waals surface area contributed by atoms with Crippen molar-refractivity contribution in [1.82, 2.24) is 10.6 Å². The van der Waals surface area contributed by atoms with Crippen molar-refractivity contribution in [1.29, 1.82) is 0 Å². The van der Waals surface area contributed by atoms with Crippen LogP contribution in [0.3, 0.4) is 0 Å². The number of carbonyl (C=O) groups is 3. The van der Waals surface area contributed by atoms with Crippen molar-refractivity contribution in [3.63, 3.8) is 0 Å². The highest BCUT2D eigenvalue weighted by molar-refractivity contribution is 5.97. The van der Waals surface area contributed by atoms with E-state index in [0.29, 0.717) is 12.1 Å². The van der Waals surface area contributed by atoms with Crippen molar-refractivity contribution in [2.45, 2.75) is 31.5 Å². The minimum atomic E-state index is -1.15. The summed E-state index contributed by atoms with van der Waals surface area (Å²) in [5, 5.41) is 5.34. The Balaban J connectivity index is 1.19. The first kappa shape index (κ1) is 30.1. The maximum Gasteiger partial charge on any atom is 0.407 e. The number of alkyl carbamates (subject to hydrolysis) is 1. The molecule has 0 heterocycles. The zero-order valence-corrected chi connectivity index (χ0v) is 24.5. The molecule has 222 valence electrons. The lowest BCUT2D eigenvalue weighted by molar-refractivity contribution is -0.143. The fraction of sp³-hybridized carbons (Fsp3) is 0.194. The molecule has 44 heavy (non-hydrogen) atoms. The van der Waals surface area contributed by atoms with Crippen molar-refractivity contribution >= 4 is 18.0 Å². The van der Waals surface area contributed by atoms with Crippen LogP contribution < -0.4 is 16.4 Å². The molecule has 0 aliphatic heterocycles. The maximum absolute atomic E-state index is 13.0. The number of nitrogens with one attached hydrogen (secondary N) is 2. The summed E-state index contributed by atoms with van der Waals surface area (Å²) >= 11 is 0. The van der Waals surface area contributed by atoms with Crippen molar-refractivity contribution in [2.24, 2.45) is 5.73 Å². The molecule has 8 nitrogen and oxygen atoms in total. The lowest BCUT2D eigenvalue weighted by atomic mass is 9.98. The van der Waals surface area contributed by atoms with Crippen LogP contribution in [0.2, 0.25) is 0 Å². The van der Waals surface area contributed by atoms with Gasteiger partial charge in [0, 0.05) is 29.2 Å². The molecule has 5 rings (SSSR count). The van der Waals surface area contributed by atoms with Gasteiger partial charge in [0.25, 0.3) is 5.91 Å². The highest BCUT2D eigenvalue weighted by atomic mass is 16.5. The van der Waals surface area contributed by atoms with Crippen molar-refractivity contribution in [2.75, 3.05) is 13.7 Å². The van der Waals surface area contributed by atoms with E-state index in [1.54, 1.807) is 31.2 Å². The van der Waals surface area contributed by atoms with Crippen LogP contribution >= 0.6 is 0 Å². The third kappa shape index (κ3) is 6.80. The van der Waals surface area contributed by atoms with Gasteiger partial charge in [0.2, 0.25) is 0 Å². The third-order valence-corrected chi connectivity index (χ3v) is 7.62. The Morgan fingerprint density at radius 1 is 0.795 bits per heavy atom. The van der Waals surface area contributed by atoms with Crippen LogP contribution in [0.25, 0.3) is 11.1 Å². The summed E-state index contributed by atoms with van der Waals surface area (Å²) < 4.78 is 10.5. The van der Waals surface area contributed by atoms with Gasteiger partial charge >= 0.3 is 12.1 Å². The van der Waals surface area contributed by atoms with E-state index < -0.39 is 30.1 Å². The molecule has 0 bridgehead atoms. The minimum absolute atomic E-state index is 0.107. The van der Waals surface area contributed by atoms with Gasteiger partial charge in [0.15, 0.2) is 0 Å². The highest BCUT2D eigenvalue weighted by Crippen LogP contribution is 2.44. The molecule has 0 radical (unpaired) electrons. The lowest BCUT2D eigenvalue weighted by Crippen LogP contribution is -2.54. The first-order valence-electron chi connectivity index (χ1n) is 14.3. The first-order valence-corrected chi connectivity index (χ1v) is 14.3. The molecule has 4 N–H and O–H groups in total. The Kier molecular flexibility index (Phi) is 9.38. The zero-order valence-electron chi connectivity index (χ0n) is 24.5. The number of hydrogen-bond donors (Lipinski definition) is 3. The number of ether oxygens (including phenoxy) is 2. The predicted molar refractivity (Wildman–Crippen MR) is 168 cm³/mol. The van der Waals surface area contributed by atoms with Gasteiger partial charge in [-0.15, -0.1) is 0 Å². The fourth-order valence-corrected chi connectivity index (χ4v) is 5.22. The van der Waals surface area contributed by atoms with E-state index in [0.717, 1.165) is 38.9 Å². The van der Waals surface area contributed by atoms with Gasteiger partial charge in [0.1, 0.15) is 12.6 Å². The van der Waals surface area contributed by atoms with E-state index in [1.807, 2.05) is 60.7 Å². The SMILES string of the molecule is COC(=O)[C@@H](NC(=O)c1ccc(C#Cc2ccc(CN)cc2)cc1)[C@@H](C)NC(=O)OCC1c2ccccc2-c2ccccc21. The second kappa shape index (κ2) is 13.7. The van der Waals surface area contributed by atoms with E-state index in [9.17, 15) is 14.4 Å². The van der Waals surface area contributed by atoms with Gasteiger partial charge in [-0.25, -0.2) is 9.59 Å². The maximum atomic E-state index is 13.0. The van der Waals surface area contributed by atoms with Gasteiger partial charge in [-0.2, -0.15) is 0 Å². The number of esters is 1. The molecule has 2 amide bonds. The summed E-state index contributed by atoms with van der Waals surface area (Å²) in [6, 6.07) is 28.5. The van der Waals surface area contributed by atoms with E-state index in [4.69, 9.17) is 15.2 Å². The van der Waals surface area contributed by atoms with Crippen LogP contribution in [-0.2, 0) is 20.8 Å². The predicted octanol–water partition coefficient (Wildman–Crippen LogP) is 4.74. The van der Waals surface area contributed by atoms with Crippen LogP contribution in [0.4, 0.5) is 4.79 Å². The Bertz CT molecular complexity index is 1680. The number of fused-ring (bicyclic) bond motifs is 3. The summed E-state index contributed by atoms with van der Waals surface area (Å²) in [5.74, 6) is 4.84. The molecule has 0 saturated heterocycles. The standard InChI is InChI=1S/C36H33N3O5/c1-23(38-36(42)44-22-32-30-9-5-3-7-28(30)29-8-4-6-10-31(29)32)33(35(41)43-2)39-34(40)27-19-17-25(18-20-27)12-11-24-13-15-26(21-37)16-14-24/h3-10,13-20,23,32-33H,21-22,37H2,1-2H3,(H,38,42)(H,39,40)/t23-,33+/m1/s1. The summed E-state index contributed by atoms with van der Waals surface area (Å²) in [5.41, 5.74) is 13.0. The van der Waals surface area contributed by atoms with Crippen LogP contribution in [0.15, 0.2) is 97.1 Å². The summed E-state index contributed by atoms with van der Waals surface area (Å²) in [7, 11) is 1.22. The monoisotopic (exact) mass is 587 g/mol. The molecular formula is C36H33N3O5. The summed E-state index contributed by atoms with van der Waals surface area (Å²) in [6.07, 6.45) is -0.705. The van der Waals surface area contributed by atoms with Gasteiger partial charge in [-0.1, -0.05) is 72.5 Å². The Morgan fingerprint density at radius 2 is 1.34 bits per heavy atom. The normalized spacial score (nSPS) is 12.9. The van der Waals surface area contributed by atoms with E-state index in [1.165, 1.54) is 7.11 Å². The number of methoxy groups -OCH3 is 1. The Morgan fingerprint density at radius 3 is 1.89 bits per heavy atom. The Hall–Kier alpha value is -5.39. The minimum Gasteiger partial charge on any atom is -0.467 e. The van der Waals surface area contributed by atoms with Gasteiger partial charge in [-0.05, 0) is 71.1 Å². The average molecular weight is 588 g/mol. The molecule has 0 spiro atoms. The fourth-order valence-electron chi connectivity index (χ4n) is 5.22. The third-order valence-electron chi connectivity index (χ3n) is 7.62. The summed E-state index contributed by atoms with van der Waals surface area (Å²) in [6.45, 7) is 2.19. The molecule has 8 heteroatoms. The number of benzene rings is 4.